The van der Waals surface area contributed by atoms with Crippen molar-refractivity contribution < 1.29 is 28.4 Å². The Labute approximate surface area is 119 Å². The van der Waals surface area contributed by atoms with E-state index in [4.69, 9.17) is 28.4 Å². The van der Waals surface area contributed by atoms with Crippen molar-refractivity contribution in [3.8, 4) is 0 Å². The van der Waals surface area contributed by atoms with Gasteiger partial charge in [-0.25, -0.2) is 0 Å². The second-order valence-electron chi connectivity index (χ2n) is 6.51. The van der Waals surface area contributed by atoms with Gasteiger partial charge in [-0.3, -0.25) is 0 Å². The average Bonchev–Trinajstić information content (AvgIpc) is 2.58. The first kappa shape index (κ1) is 14.7. The van der Waals surface area contributed by atoms with Crippen molar-refractivity contribution in [2.75, 3.05) is 13.7 Å². The molecule has 3 heterocycles. The SMILES string of the molecule is COC1C[C@H]2OC(C)(C)OC2[C@H]2OC(C)(C)OCC2O1. The van der Waals surface area contributed by atoms with Gasteiger partial charge < -0.3 is 28.4 Å². The van der Waals surface area contributed by atoms with E-state index < -0.39 is 11.6 Å². The standard InChI is InChI=1S/C14H24O6/c1-13(2)16-7-9-12(19-13)11-8(6-10(15-5)17-9)18-14(3,4)20-11/h8-12H,6-7H2,1-5H3/t8-,9?,10?,11?,12+/m1/s1. The number of ether oxygens (including phenoxy) is 6. The predicted octanol–water partition coefficient (Wildman–Crippen LogP) is 1.42. The molecule has 20 heavy (non-hydrogen) atoms. The van der Waals surface area contributed by atoms with E-state index in [2.05, 4.69) is 0 Å². The van der Waals surface area contributed by atoms with E-state index in [-0.39, 0.29) is 30.7 Å². The third-order valence-corrected chi connectivity index (χ3v) is 3.94. The van der Waals surface area contributed by atoms with Gasteiger partial charge in [-0.1, -0.05) is 0 Å². The van der Waals surface area contributed by atoms with Gasteiger partial charge in [-0.15, -0.1) is 0 Å². The molecule has 0 saturated carbocycles. The number of rotatable bonds is 1. The highest BCUT2D eigenvalue weighted by Gasteiger charge is 2.54. The summed E-state index contributed by atoms with van der Waals surface area (Å²) in [7, 11) is 1.63. The lowest BCUT2D eigenvalue weighted by Crippen LogP contribution is -2.55. The van der Waals surface area contributed by atoms with E-state index in [1.54, 1.807) is 7.11 Å². The number of hydrogen-bond donors (Lipinski definition) is 0. The first-order chi connectivity index (χ1) is 9.30. The molecule has 6 heteroatoms. The average molecular weight is 288 g/mol. The maximum Gasteiger partial charge on any atom is 0.163 e. The molecule has 3 fully saturated rings. The molecule has 0 amide bonds. The molecule has 0 radical (unpaired) electrons. The van der Waals surface area contributed by atoms with Crippen molar-refractivity contribution in [1.29, 1.82) is 0 Å². The lowest BCUT2D eigenvalue weighted by Gasteiger charge is -2.42. The molecule has 0 aromatic carbocycles. The fraction of sp³-hybridized carbons (Fsp3) is 1.00. The van der Waals surface area contributed by atoms with Crippen molar-refractivity contribution in [3.05, 3.63) is 0 Å². The minimum absolute atomic E-state index is 0.0983. The van der Waals surface area contributed by atoms with E-state index in [1.165, 1.54) is 0 Å². The fourth-order valence-electron chi connectivity index (χ4n) is 3.13. The molecule has 0 N–H and O–H groups in total. The monoisotopic (exact) mass is 288 g/mol. The largest absolute Gasteiger partial charge is 0.356 e. The van der Waals surface area contributed by atoms with Crippen LogP contribution < -0.4 is 0 Å². The Kier molecular flexibility index (Phi) is 3.60. The molecule has 116 valence electrons. The van der Waals surface area contributed by atoms with Gasteiger partial charge in [0.15, 0.2) is 17.9 Å². The normalized spacial score (nSPS) is 46.4. The van der Waals surface area contributed by atoms with Crippen molar-refractivity contribution in [1.82, 2.24) is 0 Å². The van der Waals surface area contributed by atoms with E-state index in [0.717, 1.165) is 0 Å². The highest BCUT2D eigenvalue weighted by Crippen LogP contribution is 2.40. The molecule has 3 saturated heterocycles. The second kappa shape index (κ2) is 4.90. The molecular weight excluding hydrogens is 264 g/mol. The Balaban J connectivity index is 1.86. The zero-order valence-electron chi connectivity index (χ0n) is 12.8. The predicted molar refractivity (Wildman–Crippen MR) is 69.0 cm³/mol. The van der Waals surface area contributed by atoms with Crippen LogP contribution in [0.15, 0.2) is 0 Å². The molecule has 5 atom stereocenters. The molecule has 0 bridgehead atoms. The van der Waals surface area contributed by atoms with Gasteiger partial charge in [0.25, 0.3) is 0 Å². The lowest BCUT2D eigenvalue weighted by atomic mass is 10.0. The Morgan fingerprint density at radius 2 is 1.55 bits per heavy atom. The Morgan fingerprint density at radius 1 is 0.900 bits per heavy atom. The van der Waals surface area contributed by atoms with Crippen molar-refractivity contribution >= 4 is 0 Å². The minimum atomic E-state index is -0.641. The maximum absolute atomic E-state index is 6.05. The van der Waals surface area contributed by atoms with Crippen molar-refractivity contribution in [3.63, 3.8) is 0 Å². The maximum atomic E-state index is 6.05. The summed E-state index contributed by atoms with van der Waals surface area (Å²) in [5.41, 5.74) is 0. The number of fused-ring (bicyclic) bond motifs is 3. The van der Waals surface area contributed by atoms with Gasteiger partial charge in [-0.05, 0) is 27.7 Å². The van der Waals surface area contributed by atoms with Crippen LogP contribution in [0.4, 0.5) is 0 Å². The zero-order valence-corrected chi connectivity index (χ0v) is 12.8. The van der Waals surface area contributed by atoms with Gasteiger partial charge in [0, 0.05) is 13.5 Å². The summed E-state index contributed by atoms with van der Waals surface area (Å²) in [6.45, 7) is 8.10. The summed E-state index contributed by atoms with van der Waals surface area (Å²) in [5, 5.41) is 0. The van der Waals surface area contributed by atoms with E-state index in [0.29, 0.717) is 13.0 Å². The highest BCUT2D eigenvalue weighted by molar-refractivity contribution is 4.96. The van der Waals surface area contributed by atoms with Crippen molar-refractivity contribution in [2.24, 2.45) is 0 Å². The molecule has 3 unspecified atom stereocenters. The minimum Gasteiger partial charge on any atom is -0.356 e. The topological polar surface area (TPSA) is 55.4 Å². The molecule has 0 spiro atoms. The summed E-state index contributed by atoms with van der Waals surface area (Å²) in [5.74, 6) is -1.25. The van der Waals surface area contributed by atoms with Gasteiger partial charge in [-0.2, -0.15) is 0 Å². The first-order valence-electron chi connectivity index (χ1n) is 7.15. The summed E-state index contributed by atoms with van der Waals surface area (Å²) < 4.78 is 35.1. The third-order valence-electron chi connectivity index (χ3n) is 3.94. The molecule has 0 aliphatic carbocycles. The molecule has 0 aromatic rings. The smallest absolute Gasteiger partial charge is 0.163 e. The summed E-state index contributed by atoms with van der Waals surface area (Å²) in [4.78, 5) is 0. The van der Waals surface area contributed by atoms with Crippen LogP contribution in [0.25, 0.3) is 0 Å². The highest BCUT2D eigenvalue weighted by atomic mass is 16.8. The van der Waals surface area contributed by atoms with Gasteiger partial charge in [0.2, 0.25) is 0 Å². The molecule has 0 aromatic heterocycles. The van der Waals surface area contributed by atoms with Crippen LogP contribution in [0.3, 0.4) is 0 Å². The van der Waals surface area contributed by atoms with E-state index in [1.807, 2.05) is 27.7 Å². The van der Waals surface area contributed by atoms with Crippen molar-refractivity contribution in [2.45, 2.75) is 76.4 Å². The van der Waals surface area contributed by atoms with Gasteiger partial charge in [0.1, 0.15) is 18.3 Å². The van der Waals surface area contributed by atoms with Gasteiger partial charge in [0.05, 0.1) is 12.7 Å². The number of methoxy groups -OCH3 is 1. The van der Waals surface area contributed by atoms with Crippen LogP contribution in [0.5, 0.6) is 0 Å². The molecular formula is C14H24O6. The molecule has 3 aliphatic heterocycles. The van der Waals surface area contributed by atoms with Crippen LogP contribution in [0, 0.1) is 0 Å². The fourth-order valence-corrected chi connectivity index (χ4v) is 3.13. The van der Waals surface area contributed by atoms with Crippen LogP contribution in [0.1, 0.15) is 34.1 Å². The number of hydrogen-bond acceptors (Lipinski definition) is 6. The summed E-state index contributed by atoms with van der Waals surface area (Å²) in [6.07, 6.45) is -0.395. The summed E-state index contributed by atoms with van der Waals surface area (Å²) >= 11 is 0. The van der Waals surface area contributed by atoms with Crippen LogP contribution in [-0.2, 0) is 28.4 Å². The third kappa shape index (κ3) is 2.73. The van der Waals surface area contributed by atoms with E-state index >= 15 is 0 Å². The lowest BCUT2D eigenvalue weighted by molar-refractivity contribution is -0.337. The molecule has 3 rings (SSSR count). The van der Waals surface area contributed by atoms with Crippen LogP contribution in [0.2, 0.25) is 0 Å². The summed E-state index contributed by atoms with van der Waals surface area (Å²) in [6, 6.07) is 0. The second-order valence-corrected chi connectivity index (χ2v) is 6.51. The molecule has 6 nitrogen and oxygen atoms in total. The van der Waals surface area contributed by atoms with Crippen LogP contribution >= 0.6 is 0 Å². The zero-order chi connectivity index (χ0) is 14.5. The Bertz CT molecular complexity index is 369. The quantitative estimate of drug-likeness (QED) is 0.727. The molecule has 3 aliphatic rings. The van der Waals surface area contributed by atoms with Crippen LogP contribution in [-0.4, -0.2) is 56.0 Å². The van der Waals surface area contributed by atoms with E-state index in [9.17, 15) is 0 Å². The Morgan fingerprint density at radius 3 is 2.25 bits per heavy atom. The van der Waals surface area contributed by atoms with Gasteiger partial charge >= 0.3 is 0 Å². The Hall–Kier alpha value is -0.240. The first-order valence-corrected chi connectivity index (χ1v) is 7.15.